The van der Waals surface area contributed by atoms with Gasteiger partial charge in [-0.05, 0) is 68.2 Å². The monoisotopic (exact) mass is 651 g/mol. The number of ether oxygens (including phenoxy) is 1. The maximum Gasteiger partial charge on any atom is 0.405 e. The van der Waals surface area contributed by atoms with Crippen LogP contribution < -0.4 is 20.9 Å². The fraction of sp³-hybridized carbons (Fsp3) is 0.273. The molecule has 0 spiro atoms. The number of nitrogens with zero attached hydrogens (tertiary/aromatic N) is 2. The molecule has 1 aliphatic heterocycles. The molecule has 2 aromatic heterocycles. The molecule has 0 saturated carbocycles. The van der Waals surface area contributed by atoms with Crippen molar-refractivity contribution in [1.29, 1.82) is 0 Å². The normalized spacial score (nSPS) is 13.6. The van der Waals surface area contributed by atoms with E-state index in [0.29, 0.717) is 29.7 Å². The molecular weight excluding hydrogens is 619 g/mol. The molecule has 2 aromatic carbocycles. The first kappa shape index (κ1) is 32.9. The third kappa shape index (κ3) is 8.39. The number of halogens is 3. The zero-order valence-corrected chi connectivity index (χ0v) is 25.1. The van der Waals surface area contributed by atoms with E-state index in [4.69, 9.17) is 4.74 Å². The number of hydrogen-bond acceptors (Lipinski definition) is 5. The van der Waals surface area contributed by atoms with Gasteiger partial charge in [-0.25, -0.2) is 18.0 Å². The maximum absolute atomic E-state index is 14.4. The molecule has 1 unspecified atom stereocenters. The number of hydrogen-bond donors (Lipinski definition) is 4. The van der Waals surface area contributed by atoms with Crippen molar-refractivity contribution < 1.29 is 37.4 Å². The smallest absolute Gasteiger partial charge is 0.405 e. The van der Waals surface area contributed by atoms with E-state index in [1.54, 1.807) is 17.0 Å². The van der Waals surface area contributed by atoms with E-state index in [1.807, 2.05) is 0 Å². The molecule has 4 N–H and O–H groups in total. The lowest BCUT2D eigenvalue weighted by Gasteiger charge is -2.16. The van der Waals surface area contributed by atoms with E-state index in [9.17, 15) is 37.5 Å². The van der Waals surface area contributed by atoms with Gasteiger partial charge in [0.1, 0.15) is 41.5 Å². The molecule has 1 atom stereocenters. The average Bonchev–Trinajstić information content (AvgIpc) is 3.70. The van der Waals surface area contributed by atoms with Crippen LogP contribution in [0.3, 0.4) is 0 Å². The first-order valence-electron chi connectivity index (χ1n) is 14.9. The Hall–Kier alpha value is -5.53. The van der Waals surface area contributed by atoms with Crippen molar-refractivity contribution in [3.8, 4) is 5.75 Å². The highest BCUT2D eigenvalue weighted by Gasteiger charge is 2.22. The first-order valence-corrected chi connectivity index (χ1v) is 14.9. The summed E-state index contributed by atoms with van der Waals surface area (Å²) in [4.78, 5) is 54.6. The van der Waals surface area contributed by atoms with Crippen LogP contribution in [0.15, 0.2) is 71.7 Å². The Labute approximate surface area is 266 Å². The lowest BCUT2D eigenvalue weighted by Crippen LogP contribution is -2.44. The van der Waals surface area contributed by atoms with Gasteiger partial charge >= 0.3 is 6.09 Å². The summed E-state index contributed by atoms with van der Waals surface area (Å²) in [5.74, 6) is -2.96. The average molecular weight is 652 g/mol. The highest BCUT2D eigenvalue weighted by atomic mass is 19.1. The minimum Gasteiger partial charge on any atom is -0.486 e. The number of carboxylic acid groups (broad SMARTS) is 1. The molecule has 47 heavy (non-hydrogen) atoms. The number of anilines is 1. The van der Waals surface area contributed by atoms with E-state index in [1.165, 1.54) is 41.1 Å². The van der Waals surface area contributed by atoms with Crippen LogP contribution in [-0.2, 0) is 22.7 Å². The minimum absolute atomic E-state index is 0.0164. The molecule has 0 aliphatic carbocycles. The lowest BCUT2D eigenvalue weighted by atomic mass is 10.1. The number of aromatic nitrogens is 2. The van der Waals surface area contributed by atoms with Gasteiger partial charge in [-0.15, -0.1) is 0 Å². The third-order valence-corrected chi connectivity index (χ3v) is 7.64. The van der Waals surface area contributed by atoms with Gasteiger partial charge in [-0.3, -0.25) is 14.4 Å². The minimum atomic E-state index is -1.42. The van der Waals surface area contributed by atoms with Crippen molar-refractivity contribution in [2.75, 3.05) is 18.4 Å². The number of rotatable bonds is 12. The molecular formula is C33H32F3N5O6. The summed E-state index contributed by atoms with van der Waals surface area (Å²) >= 11 is 0. The summed E-state index contributed by atoms with van der Waals surface area (Å²) in [6.07, 6.45) is 5.25. The van der Waals surface area contributed by atoms with Crippen molar-refractivity contribution in [2.24, 2.45) is 0 Å². The molecule has 0 bridgehead atoms. The Kier molecular flexibility index (Phi) is 10.3. The lowest BCUT2D eigenvalue weighted by molar-refractivity contribution is -0.125. The van der Waals surface area contributed by atoms with Gasteiger partial charge in [0.05, 0.1) is 12.1 Å². The number of likely N-dealkylation sites (tertiary alicyclic amines) is 1. The number of fused-ring (bicyclic) bond motifs is 1. The van der Waals surface area contributed by atoms with Gasteiger partial charge in [0.25, 0.3) is 5.56 Å². The third-order valence-electron chi connectivity index (χ3n) is 7.64. The summed E-state index contributed by atoms with van der Waals surface area (Å²) in [5.41, 5.74) is 0.266. The number of allylic oxidation sites excluding steroid dienone is 1. The zero-order chi connectivity index (χ0) is 33.5. The second-order valence-corrected chi connectivity index (χ2v) is 11.0. The standard InChI is InChI=1S/C33H32F3N5O6/c34-22-10-9-20(25(36)16-22)19-47-28-17-23(35)14-21-15-24(37-30(21)28)18-41-13-5-7-27(32(41)44)38-31(43)26(39-33(45)46)6-1-2-8-29(42)40-11-3-4-12-40/h2,5,7-10,13-17,26,37,39H,1,3-4,6,11-12,18-19H2,(H,38,43)(H,45,46)/b8-2+. The Bertz CT molecular complexity index is 1880. The van der Waals surface area contributed by atoms with Crippen LogP contribution in [0, 0.1) is 17.5 Å². The van der Waals surface area contributed by atoms with Gasteiger partial charge in [-0.1, -0.05) is 6.08 Å². The maximum atomic E-state index is 14.4. The fourth-order valence-corrected chi connectivity index (χ4v) is 5.29. The number of nitrogens with one attached hydrogen (secondary N) is 3. The van der Waals surface area contributed by atoms with Crippen LogP contribution in [0.2, 0.25) is 0 Å². The van der Waals surface area contributed by atoms with Crippen molar-refractivity contribution >= 4 is 34.5 Å². The van der Waals surface area contributed by atoms with Crippen molar-refractivity contribution in [3.63, 3.8) is 0 Å². The Morgan fingerprint density at radius 3 is 2.57 bits per heavy atom. The van der Waals surface area contributed by atoms with Crippen LogP contribution >= 0.6 is 0 Å². The molecule has 3 amide bonds. The molecule has 0 radical (unpaired) electrons. The van der Waals surface area contributed by atoms with Crippen LogP contribution in [0.4, 0.5) is 23.7 Å². The van der Waals surface area contributed by atoms with E-state index < -0.39 is 41.1 Å². The number of carbonyl (C=O) groups is 3. The highest BCUT2D eigenvalue weighted by molar-refractivity contribution is 5.96. The molecule has 5 rings (SSSR count). The summed E-state index contributed by atoms with van der Waals surface area (Å²) in [5, 5.41) is 14.3. The van der Waals surface area contributed by atoms with Crippen LogP contribution in [-0.4, -0.2) is 56.6 Å². The van der Waals surface area contributed by atoms with Crippen molar-refractivity contribution in [1.82, 2.24) is 19.8 Å². The van der Waals surface area contributed by atoms with Gasteiger partial charge < -0.3 is 34.9 Å². The molecule has 1 aliphatic rings. The first-order chi connectivity index (χ1) is 22.6. The van der Waals surface area contributed by atoms with E-state index >= 15 is 0 Å². The molecule has 1 saturated heterocycles. The van der Waals surface area contributed by atoms with Gasteiger partial charge in [0, 0.05) is 48.1 Å². The van der Waals surface area contributed by atoms with Crippen LogP contribution in [0.25, 0.3) is 10.9 Å². The SMILES string of the molecule is O=C(O)NC(CC/C=C/C(=O)N1CCCC1)C(=O)Nc1cccn(Cc2cc3cc(F)cc(OCc4ccc(F)cc4F)c3[nH]2)c1=O. The number of aromatic amines is 1. The van der Waals surface area contributed by atoms with E-state index in [-0.39, 0.29) is 48.9 Å². The fourth-order valence-electron chi connectivity index (χ4n) is 5.29. The van der Waals surface area contributed by atoms with Gasteiger partial charge in [-0.2, -0.15) is 0 Å². The number of benzene rings is 2. The number of H-pyrrole nitrogens is 1. The van der Waals surface area contributed by atoms with Crippen molar-refractivity contribution in [3.05, 3.63) is 106 Å². The second-order valence-electron chi connectivity index (χ2n) is 11.0. The quantitative estimate of drug-likeness (QED) is 0.160. The van der Waals surface area contributed by atoms with E-state index in [0.717, 1.165) is 31.0 Å². The predicted molar refractivity (Wildman–Crippen MR) is 167 cm³/mol. The molecule has 3 heterocycles. The number of pyridine rings is 1. The highest BCUT2D eigenvalue weighted by Crippen LogP contribution is 2.29. The molecule has 14 heteroatoms. The largest absolute Gasteiger partial charge is 0.486 e. The second kappa shape index (κ2) is 14.7. The van der Waals surface area contributed by atoms with Crippen LogP contribution in [0.1, 0.15) is 36.9 Å². The number of carbonyl (C=O) groups excluding carboxylic acids is 2. The topological polar surface area (TPSA) is 146 Å². The summed E-state index contributed by atoms with van der Waals surface area (Å²) in [7, 11) is 0. The molecule has 246 valence electrons. The molecule has 11 nitrogen and oxygen atoms in total. The summed E-state index contributed by atoms with van der Waals surface area (Å²) in [6, 6.07) is 8.74. The molecule has 4 aromatic rings. The van der Waals surface area contributed by atoms with Gasteiger partial charge in [0.15, 0.2) is 0 Å². The van der Waals surface area contributed by atoms with Crippen molar-refractivity contribution in [2.45, 2.75) is 44.9 Å². The Morgan fingerprint density at radius 1 is 1.04 bits per heavy atom. The molecule has 1 fully saturated rings. The Morgan fingerprint density at radius 2 is 1.83 bits per heavy atom. The summed E-state index contributed by atoms with van der Waals surface area (Å²) < 4.78 is 48.7. The Balaban J connectivity index is 1.26. The zero-order valence-electron chi connectivity index (χ0n) is 25.1. The summed E-state index contributed by atoms with van der Waals surface area (Å²) in [6.45, 7) is 1.08. The predicted octanol–water partition coefficient (Wildman–Crippen LogP) is 4.91. The van der Waals surface area contributed by atoms with E-state index in [2.05, 4.69) is 15.6 Å². The van der Waals surface area contributed by atoms with Crippen LogP contribution in [0.5, 0.6) is 5.75 Å². The van der Waals surface area contributed by atoms with Gasteiger partial charge in [0.2, 0.25) is 11.8 Å². The number of amides is 3.